The minimum atomic E-state index is -3.93. The predicted octanol–water partition coefficient (Wildman–Crippen LogP) is 1.04. The highest BCUT2D eigenvalue weighted by atomic mass is 31.2. The first kappa shape index (κ1) is 16.2. The average molecular weight is 300 g/mol. The zero-order valence-corrected chi connectivity index (χ0v) is 12.2. The van der Waals surface area contributed by atoms with Crippen molar-refractivity contribution < 1.29 is 28.3 Å². The van der Waals surface area contributed by atoms with E-state index in [-0.39, 0.29) is 5.56 Å². The molecule has 110 valence electrons. The van der Waals surface area contributed by atoms with Crippen LogP contribution in [-0.2, 0) is 18.3 Å². The second-order valence-electron chi connectivity index (χ2n) is 3.52. The van der Waals surface area contributed by atoms with Gasteiger partial charge in [0, 0.05) is 19.8 Å². The van der Waals surface area contributed by atoms with Gasteiger partial charge in [0.05, 0.1) is 5.95 Å². The number of hydrogen-bond donors (Lipinski definition) is 1. The molecule has 0 aliphatic rings. The molecule has 0 unspecified atom stereocenters. The van der Waals surface area contributed by atoms with Crippen LogP contribution in [0.1, 0.15) is 10.4 Å². The van der Waals surface area contributed by atoms with Crippen molar-refractivity contribution >= 4 is 13.5 Å². The van der Waals surface area contributed by atoms with E-state index in [0.717, 1.165) is 21.3 Å². The predicted molar refractivity (Wildman–Crippen MR) is 69.6 cm³/mol. The largest absolute Gasteiger partial charge is 0.615 e. The Balaban J connectivity index is 3.11. The number of ether oxygens (including phenoxy) is 1. The summed E-state index contributed by atoms with van der Waals surface area (Å²) >= 11 is 0. The minimum Gasteiger partial charge on any atom is -0.615 e. The Hall–Kier alpha value is -1.82. The normalized spacial score (nSPS) is 12.6. The van der Waals surface area contributed by atoms with Gasteiger partial charge in [0.15, 0.2) is 5.44 Å². The maximum atomic E-state index is 12.2. The summed E-state index contributed by atoms with van der Waals surface area (Å²) in [5.74, 6) is -1.62. The van der Waals surface area contributed by atoms with E-state index in [1.54, 1.807) is 18.2 Å². The fourth-order valence-electron chi connectivity index (χ4n) is 1.35. The summed E-state index contributed by atoms with van der Waals surface area (Å²) in [6.45, 7) is 0. The summed E-state index contributed by atoms with van der Waals surface area (Å²) in [5.41, 5.74) is -0.286. The van der Waals surface area contributed by atoms with Crippen molar-refractivity contribution in [1.29, 1.82) is 0 Å². The van der Waals surface area contributed by atoms with Gasteiger partial charge in [-0.05, 0) is 19.2 Å². The number of nitrogens with one attached hydrogen (secondary N) is 1. The zero-order valence-electron chi connectivity index (χ0n) is 11.3. The van der Waals surface area contributed by atoms with Crippen molar-refractivity contribution in [2.45, 2.75) is 0 Å². The molecule has 1 aromatic rings. The lowest BCUT2D eigenvalue weighted by atomic mass is 10.2. The summed E-state index contributed by atoms with van der Waals surface area (Å²) in [4.78, 5) is 12.0. The Morgan fingerprint density at radius 3 is 2.15 bits per heavy atom. The van der Waals surface area contributed by atoms with Crippen LogP contribution >= 0.6 is 7.60 Å². The van der Waals surface area contributed by atoms with Crippen LogP contribution in [0.15, 0.2) is 41.7 Å². The molecule has 0 saturated carbocycles. The van der Waals surface area contributed by atoms with Crippen LogP contribution in [0.4, 0.5) is 0 Å². The fraction of sp³-hybridized carbons (Fsp3) is 0.250. The van der Waals surface area contributed by atoms with E-state index in [1.165, 1.54) is 12.1 Å². The summed E-state index contributed by atoms with van der Waals surface area (Å²) in [6.07, 6.45) is 0. The molecule has 0 fully saturated rings. The third-order valence-electron chi connectivity index (χ3n) is 2.40. The quantitative estimate of drug-likeness (QED) is 0.622. The van der Waals surface area contributed by atoms with E-state index >= 15 is 0 Å². The van der Waals surface area contributed by atoms with Crippen LogP contribution in [0.5, 0.6) is 0 Å². The van der Waals surface area contributed by atoms with Gasteiger partial charge in [-0.2, -0.15) is 0 Å². The van der Waals surface area contributed by atoms with Crippen molar-refractivity contribution in [2.75, 3.05) is 21.3 Å². The number of carbonyl (C=O) groups is 1. The second-order valence-corrected chi connectivity index (χ2v) is 5.70. The van der Waals surface area contributed by atoms with Crippen molar-refractivity contribution in [1.82, 2.24) is 5.32 Å². The van der Waals surface area contributed by atoms with Gasteiger partial charge >= 0.3 is 7.60 Å². The first-order valence-corrected chi connectivity index (χ1v) is 7.06. The van der Waals surface area contributed by atoms with Gasteiger partial charge in [-0.15, -0.1) is 0 Å². The van der Waals surface area contributed by atoms with Gasteiger partial charge in [-0.3, -0.25) is 9.36 Å². The van der Waals surface area contributed by atoms with Crippen molar-refractivity contribution in [2.24, 2.45) is 0 Å². The molecule has 1 amide bonds. The summed E-state index contributed by atoms with van der Waals surface area (Å²) in [7, 11) is -0.640. The summed E-state index contributed by atoms with van der Waals surface area (Å²) < 4.78 is 26.1. The Morgan fingerprint density at radius 1 is 1.15 bits per heavy atom. The molecule has 0 spiro atoms. The molecule has 0 aromatic heterocycles. The molecule has 0 aliphatic heterocycles. The lowest BCUT2D eigenvalue weighted by Crippen LogP contribution is -2.28. The lowest BCUT2D eigenvalue weighted by molar-refractivity contribution is -0.354. The molecular weight excluding hydrogens is 285 g/mol. The van der Waals surface area contributed by atoms with E-state index < -0.39 is 24.9 Å². The second kappa shape index (κ2) is 7.09. The standard InChI is InChI=1S/C12H16NO6P/c1-17-12(15)11(20(16,18-2)19-3)13-10(14)9-7-5-4-6-8-9/h4-8,15H,1-3H3,(H,13,14)/p-1. The molecule has 8 heteroatoms. The Morgan fingerprint density at radius 2 is 1.70 bits per heavy atom. The van der Waals surface area contributed by atoms with Crippen molar-refractivity contribution in [3.05, 3.63) is 47.3 Å². The molecule has 0 saturated heterocycles. The third-order valence-corrected chi connectivity index (χ3v) is 4.20. The Labute approximate surface area is 116 Å². The number of rotatable bonds is 6. The van der Waals surface area contributed by atoms with Crippen LogP contribution < -0.4 is 10.4 Å². The zero-order chi connectivity index (χ0) is 15.2. The molecule has 0 aliphatic carbocycles. The van der Waals surface area contributed by atoms with Gasteiger partial charge in [-0.25, -0.2) is 0 Å². The van der Waals surface area contributed by atoms with E-state index in [0.29, 0.717) is 0 Å². The van der Waals surface area contributed by atoms with Gasteiger partial charge < -0.3 is 24.2 Å². The molecular formula is C12H15NO6P-. The highest BCUT2D eigenvalue weighted by Crippen LogP contribution is 2.54. The number of benzene rings is 1. The lowest BCUT2D eigenvalue weighted by Gasteiger charge is -2.22. The third kappa shape index (κ3) is 3.60. The average Bonchev–Trinajstić information content (AvgIpc) is 2.51. The first-order chi connectivity index (χ1) is 9.48. The van der Waals surface area contributed by atoms with Crippen LogP contribution in [0.3, 0.4) is 0 Å². The first-order valence-electron chi connectivity index (χ1n) is 5.52. The number of hydrogen-bond acceptors (Lipinski definition) is 6. The molecule has 0 bridgehead atoms. The van der Waals surface area contributed by atoms with E-state index in [4.69, 9.17) is 0 Å². The van der Waals surface area contributed by atoms with E-state index in [9.17, 15) is 14.5 Å². The van der Waals surface area contributed by atoms with Crippen molar-refractivity contribution in [3.63, 3.8) is 0 Å². The topological polar surface area (TPSA) is 96.9 Å². The molecule has 1 rings (SSSR count). The molecule has 7 nitrogen and oxygen atoms in total. The van der Waals surface area contributed by atoms with Crippen LogP contribution in [0, 0.1) is 0 Å². The van der Waals surface area contributed by atoms with Gasteiger partial charge in [0.1, 0.15) is 0 Å². The highest BCUT2D eigenvalue weighted by molar-refractivity contribution is 7.58. The molecule has 1 N–H and O–H groups in total. The summed E-state index contributed by atoms with van der Waals surface area (Å²) in [5, 5.41) is 13.9. The van der Waals surface area contributed by atoms with Crippen LogP contribution in [0.25, 0.3) is 0 Å². The monoisotopic (exact) mass is 300 g/mol. The van der Waals surface area contributed by atoms with Crippen LogP contribution in [0.2, 0.25) is 0 Å². The minimum absolute atomic E-state index is 0.285. The molecule has 1 aromatic carbocycles. The molecule has 20 heavy (non-hydrogen) atoms. The highest BCUT2D eigenvalue weighted by Gasteiger charge is 2.31. The van der Waals surface area contributed by atoms with Crippen LogP contribution in [-0.4, -0.2) is 27.2 Å². The number of amides is 1. The molecule has 0 atom stereocenters. The fourth-order valence-corrected chi connectivity index (χ4v) is 2.42. The number of carbonyl (C=O) groups excluding carboxylic acids is 1. The Bertz CT molecular complexity index is 534. The smallest absolute Gasteiger partial charge is 0.378 e. The molecule has 0 heterocycles. The van der Waals surface area contributed by atoms with Gasteiger partial charge in [0.2, 0.25) is 0 Å². The maximum absolute atomic E-state index is 12.2. The summed E-state index contributed by atoms with van der Waals surface area (Å²) in [6, 6.07) is 8.11. The van der Waals surface area contributed by atoms with Gasteiger partial charge in [0.25, 0.3) is 5.91 Å². The van der Waals surface area contributed by atoms with Crippen molar-refractivity contribution in [3.8, 4) is 0 Å². The van der Waals surface area contributed by atoms with E-state index in [1.807, 2.05) is 0 Å². The van der Waals surface area contributed by atoms with Gasteiger partial charge in [-0.1, -0.05) is 18.2 Å². The van der Waals surface area contributed by atoms with E-state index in [2.05, 4.69) is 19.1 Å². The number of methoxy groups -OCH3 is 1. The molecule has 0 radical (unpaired) electrons. The Kier molecular flexibility index (Phi) is 5.76. The maximum Gasteiger partial charge on any atom is 0.378 e. The SMILES string of the molecule is COC([O-])=C(NC(=O)c1ccccc1)P(=O)(OC)OC.